The number of pyridine rings is 1. The lowest BCUT2D eigenvalue weighted by Gasteiger charge is -2.37. The summed E-state index contributed by atoms with van der Waals surface area (Å²) in [4.78, 5) is 12.6. The molecule has 2 aliphatic heterocycles. The number of anilines is 1. The van der Waals surface area contributed by atoms with Gasteiger partial charge in [-0.15, -0.1) is 0 Å². The molecular weight excluding hydrogens is 461 g/mol. The van der Waals surface area contributed by atoms with Crippen LogP contribution in [0.2, 0.25) is 0 Å². The van der Waals surface area contributed by atoms with Gasteiger partial charge in [0.25, 0.3) is 10.0 Å². The van der Waals surface area contributed by atoms with Crippen LogP contribution in [-0.2, 0) is 10.0 Å². The fourth-order valence-electron chi connectivity index (χ4n) is 4.23. The van der Waals surface area contributed by atoms with Crippen LogP contribution in [0.1, 0.15) is 38.3 Å². The molecule has 0 unspecified atom stereocenters. The average Bonchev–Trinajstić information content (AvgIpc) is 3.09. The molecule has 0 aliphatic carbocycles. The third-order valence-corrected chi connectivity index (χ3v) is 9.25. The van der Waals surface area contributed by atoms with Crippen LogP contribution in [0.5, 0.6) is 0 Å². The van der Waals surface area contributed by atoms with Crippen molar-refractivity contribution in [2.45, 2.75) is 36.8 Å². The Kier molecular flexibility index (Phi) is 6.43. The molecule has 0 bridgehead atoms. The third-order valence-electron chi connectivity index (χ3n) is 5.79. The van der Waals surface area contributed by atoms with E-state index < -0.39 is 15.8 Å². The maximum absolute atomic E-state index is 13.2. The van der Waals surface area contributed by atoms with E-state index in [9.17, 15) is 12.8 Å². The van der Waals surface area contributed by atoms with Gasteiger partial charge < -0.3 is 5.73 Å². The Hall–Kier alpha value is -1.88. The highest BCUT2D eigenvalue weighted by Gasteiger charge is 2.37. The van der Waals surface area contributed by atoms with E-state index in [0.29, 0.717) is 36.8 Å². The van der Waals surface area contributed by atoms with Crippen molar-refractivity contribution in [3.05, 3.63) is 46.8 Å². The first-order valence-corrected chi connectivity index (χ1v) is 12.7. The van der Waals surface area contributed by atoms with Crippen LogP contribution in [0.25, 0.3) is 0 Å². The summed E-state index contributed by atoms with van der Waals surface area (Å²) in [5, 5.41) is 0.684. The lowest BCUT2D eigenvalue weighted by atomic mass is 9.80. The zero-order valence-corrected chi connectivity index (χ0v) is 19.4. The van der Waals surface area contributed by atoms with Gasteiger partial charge in [-0.1, -0.05) is 29.9 Å². The monoisotopic (exact) mass is 483 g/mol. The average molecular weight is 484 g/mol. The second-order valence-electron chi connectivity index (χ2n) is 7.84. The lowest BCUT2D eigenvalue weighted by molar-refractivity contribution is 0.220. The molecule has 2 N–H and O–H groups in total. The number of sulfonamides is 1. The van der Waals surface area contributed by atoms with E-state index in [-0.39, 0.29) is 21.2 Å². The Balaban J connectivity index is 1.53. The molecule has 31 heavy (non-hydrogen) atoms. The molecule has 0 aromatic carbocycles. The number of piperidine rings is 1. The molecule has 0 spiro atoms. The fraction of sp³-hybridized carbons (Fsp3) is 0.450. The van der Waals surface area contributed by atoms with Gasteiger partial charge in [0.1, 0.15) is 11.0 Å². The van der Waals surface area contributed by atoms with Gasteiger partial charge in [0.05, 0.1) is 23.8 Å². The van der Waals surface area contributed by atoms with Crippen LogP contribution in [0.3, 0.4) is 0 Å². The van der Waals surface area contributed by atoms with E-state index in [4.69, 9.17) is 17.3 Å². The van der Waals surface area contributed by atoms with E-state index in [1.807, 2.05) is 6.92 Å². The van der Waals surface area contributed by atoms with E-state index in [2.05, 4.69) is 15.0 Å². The zero-order valence-electron chi connectivity index (χ0n) is 17.0. The minimum Gasteiger partial charge on any atom is -0.375 e. The highest BCUT2D eigenvalue weighted by molar-refractivity contribution is 7.91. The molecule has 1 fully saturated rings. The molecule has 2 atom stereocenters. The molecule has 0 saturated carbocycles. The van der Waals surface area contributed by atoms with Crippen LogP contribution in [-0.4, -0.2) is 41.5 Å². The van der Waals surface area contributed by atoms with Crippen LogP contribution in [0.15, 0.2) is 44.5 Å². The molecule has 166 valence electrons. The van der Waals surface area contributed by atoms with Crippen LogP contribution >= 0.6 is 22.9 Å². The van der Waals surface area contributed by atoms with E-state index in [1.165, 1.54) is 22.8 Å². The Labute approximate surface area is 189 Å². The summed E-state index contributed by atoms with van der Waals surface area (Å²) >= 11 is 7.60. The lowest BCUT2D eigenvalue weighted by Crippen LogP contribution is -2.43. The molecule has 0 radical (unpaired) electrons. The molecule has 11 heteroatoms. The normalized spacial score (nSPS) is 23.5. The summed E-state index contributed by atoms with van der Waals surface area (Å²) in [6.07, 6.45) is 5.51. The van der Waals surface area contributed by atoms with Crippen molar-refractivity contribution in [1.82, 2.24) is 14.3 Å². The first-order valence-electron chi connectivity index (χ1n) is 10.0. The molecule has 2 aromatic heterocycles. The summed E-state index contributed by atoms with van der Waals surface area (Å²) in [6, 6.07) is 2.98. The van der Waals surface area contributed by atoms with Crippen molar-refractivity contribution in [2.75, 3.05) is 18.8 Å². The summed E-state index contributed by atoms with van der Waals surface area (Å²) in [5.74, 6) is -0.162. The number of hydrogen-bond acceptors (Lipinski definition) is 7. The minimum atomic E-state index is -3.60. The second-order valence-corrected chi connectivity index (χ2v) is 11.4. The van der Waals surface area contributed by atoms with Gasteiger partial charge in [-0.25, -0.2) is 22.8 Å². The summed E-state index contributed by atoms with van der Waals surface area (Å²) in [7, 11) is -3.60. The Morgan fingerprint density at radius 3 is 2.71 bits per heavy atom. The number of allylic oxidation sites excluding steroid dienone is 1. The topological polar surface area (TPSA) is 102 Å². The van der Waals surface area contributed by atoms with Gasteiger partial charge in [0.2, 0.25) is 0 Å². The predicted molar refractivity (Wildman–Crippen MR) is 120 cm³/mol. The minimum absolute atomic E-state index is 0.0817. The summed E-state index contributed by atoms with van der Waals surface area (Å²) in [5.41, 5.74) is 8.04. The largest absolute Gasteiger partial charge is 0.375 e. The van der Waals surface area contributed by atoms with Crippen molar-refractivity contribution in [1.29, 1.82) is 0 Å². The molecule has 4 rings (SSSR count). The highest BCUT2D eigenvalue weighted by Crippen LogP contribution is 2.39. The van der Waals surface area contributed by atoms with Crippen molar-refractivity contribution < 1.29 is 12.8 Å². The number of hydrogen-bond donors (Lipinski definition) is 1. The maximum atomic E-state index is 13.2. The van der Waals surface area contributed by atoms with Gasteiger partial charge in [-0.2, -0.15) is 4.31 Å². The van der Waals surface area contributed by atoms with Crippen LogP contribution < -0.4 is 5.73 Å². The molecule has 4 heterocycles. The van der Waals surface area contributed by atoms with Crippen LogP contribution in [0, 0.1) is 17.7 Å². The quantitative estimate of drug-likeness (QED) is 0.661. The van der Waals surface area contributed by atoms with E-state index in [0.717, 1.165) is 35.5 Å². The molecular formula is C20H23ClFN5O2S2. The number of rotatable bonds is 4. The Bertz CT molecular complexity index is 1130. The Morgan fingerprint density at radius 1 is 1.26 bits per heavy atom. The van der Waals surface area contributed by atoms with Gasteiger partial charge in [0.15, 0.2) is 9.34 Å². The molecule has 2 aromatic rings. The number of nitrogens with zero attached hydrogens (tertiary/aromatic N) is 4. The van der Waals surface area contributed by atoms with E-state index in [1.54, 1.807) is 6.07 Å². The van der Waals surface area contributed by atoms with Gasteiger partial charge in [0, 0.05) is 13.1 Å². The van der Waals surface area contributed by atoms with Gasteiger partial charge in [-0.05, 0) is 55.2 Å². The number of aliphatic imine (C=N–C) groups is 1. The number of halogens is 2. The van der Waals surface area contributed by atoms with Crippen molar-refractivity contribution in [3.8, 4) is 0 Å². The first-order chi connectivity index (χ1) is 14.8. The predicted octanol–water partition coefficient (Wildman–Crippen LogP) is 4.03. The molecule has 2 aliphatic rings. The zero-order chi connectivity index (χ0) is 22.2. The number of aromatic nitrogens is 2. The fourth-order valence-corrected chi connectivity index (χ4v) is 7.19. The molecule has 7 nitrogen and oxygen atoms in total. The third kappa shape index (κ3) is 4.67. The maximum Gasteiger partial charge on any atom is 0.254 e. The van der Waals surface area contributed by atoms with Crippen LogP contribution in [0.4, 0.5) is 9.52 Å². The Morgan fingerprint density at radius 2 is 2.06 bits per heavy atom. The number of thiazole rings is 1. The smallest absolute Gasteiger partial charge is 0.254 e. The molecule has 0 amide bonds. The highest BCUT2D eigenvalue weighted by atomic mass is 35.5. The number of nitrogen functional groups attached to an aromatic ring is 1. The van der Waals surface area contributed by atoms with Crippen molar-refractivity contribution >= 4 is 43.8 Å². The number of nitrogens with two attached hydrogens (primary N) is 1. The summed E-state index contributed by atoms with van der Waals surface area (Å²) < 4.78 is 40.7. The summed E-state index contributed by atoms with van der Waals surface area (Å²) in [6.45, 7) is 2.84. The molecule has 1 saturated heterocycles. The van der Waals surface area contributed by atoms with Crippen molar-refractivity contribution in [2.24, 2.45) is 16.8 Å². The standard InChI is InChI=1S/C20H23ClFN5O2S2/c1-12-11-27(31(28,29)18-10-25-20(23)30-18)8-7-14(12)15-3-2-4-17(26-19(15)21)16-6-5-13(22)9-24-16/h5-6,9-10,12,14H,2-4,7-8,11H2,1H3,(H2,23,25)/t12-,14+/m0/s1. The first kappa shape index (κ1) is 22.3. The van der Waals surface area contributed by atoms with E-state index >= 15 is 0 Å². The SMILES string of the molecule is C[C@H]1CN(S(=O)(=O)c2cnc(N)s2)CC[C@H]1C1=C(Cl)N=C(c2ccc(F)cn2)CCC1. The second kappa shape index (κ2) is 8.93. The van der Waals surface area contributed by atoms with Gasteiger partial charge >= 0.3 is 0 Å². The van der Waals surface area contributed by atoms with Crippen molar-refractivity contribution in [3.63, 3.8) is 0 Å². The van der Waals surface area contributed by atoms with Gasteiger partial charge in [-0.3, -0.25) is 4.98 Å².